The summed E-state index contributed by atoms with van der Waals surface area (Å²) in [4.78, 5) is 33.6. The van der Waals surface area contributed by atoms with Gasteiger partial charge in [-0.3, -0.25) is 4.79 Å². The molecule has 0 fully saturated rings. The summed E-state index contributed by atoms with van der Waals surface area (Å²) in [5, 5.41) is 2.42. The highest BCUT2D eigenvalue weighted by Gasteiger charge is 2.21. The predicted octanol–water partition coefficient (Wildman–Crippen LogP) is 4.03. The molecule has 3 aromatic rings. The monoisotopic (exact) mass is 415 g/mol. The number of halogens is 2. The van der Waals surface area contributed by atoms with Gasteiger partial charge in [-0.05, 0) is 51.1 Å². The molecule has 0 unspecified atom stereocenters. The normalized spacial score (nSPS) is 11.9. The highest BCUT2D eigenvalue weighted by Crippen LogP contribution is 2.26. The third-order valence-electron chi connectivity index (χ3n) is 4.33. The van der Waals surface area contributed by atoms with Crippen LogP contribution >= 0.6 is 0 Å². The lowest BCUT2D eigenvalue weighted by atomic mass is 10.2. The molecular weight excluding hydrogens is 396 g/mol. The second-order valence-corrected chi connectivity index (χ2v) is 6.51. The zero-order valence-electron chi connectivity index (χ0n) is 16.5. The Morgan fingerprint density at radius 1 is 1.00 bits per heavy atom. The van der Waals surface area contributed by atoms with Gasteiger partial charge in [-0.25, -0.2) is 14.8 Å². The molecule has 3 rings (SSSR count). The van der Waals surface area contributed by atoms with Crippen molar-refractivity contribution in [1.82, 2.24) is 9.97 Å². The third-order valence-corrected chi connectivity index (χ3v) is 4.33. The van der Waals surface area contributed by atoms with E-state index in [9.17, 15) is 18.4 Å². The number of carbonyl (C=O) groups is 2. The van der Waals surface area contributed by atoms with Crippen LogP contribution in [0.4, 0.5) is 14.5 Å². The van der Waals surface area contributed by atoms with Gasteiger partial charge in [-0.15, -0.1) is 0 Å². The highest BCUT2D eigenvalue weighted by molar-refractivity contribution is 5.99. The first-order valence-corrected chi connectivity index (χ1v) is 9.05. The number of alkyl halides is 2. The van der Waals surface area contributed by atoms with Gasteiger partial charge >= 0.3 is 12.6 Å². The minimum Gasteiger partial charge on any atom is -0.449 e. The number of amides is 1. The topological polar surface area (TPSA) is 90.4 Å². The zero-order valence-corrected chi connectivity index (χ0v) is 16.5. The van der Waals surface area contributed by atoms with E-state index in [1.165, 1.54) is 37.3 Å². The maximum Gasteiger partial charge on any atom is 0.387 e. The molecule has 1 amide bonds. The van der Waals surface area contributed by atoms with Crippen molar-refractivity contribution in [1.29, 1.82) is 0 Å². The van der Waals surface area contributed by atoms with Crippen LogP contribution < -0.4 is 10.1 Å². The predicted molar refractivity (Wildman–Crippen MR) is 106 cm³/mol. The summed E-state index contributed by atoms with van der Waals surface area (Å²) in [5.41, 5.74) is 2.95. The Bertz CT molecular complexity index is 1100. The SMILES string of the molecule is Cc1nc2ccc(C(=O)O[C@@H](C)C(=O)Nc3ccccc3OC(F)F)cc2nc1C. The number of benzene rings is 2. The molecule has 1 atom stereocenters. The molecule has 0 bridgehead atoms. The van der Waals surface area contributed by atoms with Crippen LogP contribution in [0.15, 0.2) is 42.5 Å². The van der Waals surface area contributed by atoms with Crippen molar-refractivity contribution in [3.05, 3.63) is 59.4 Å². The number of fused-ring (bicyclic) bond motifs is 1. The van der Waals surface area contributed by atoms with Crippen molar-refractivity contribution in [3.63, 3.8) is 0 Å². The van der Waals surface area contributed by atoms with Gasteiger partial charge in [0.2, 0.25) is 0 Å². The van der Waals surface area contributed by atoms with Gasteiger partial charge in [-0.2, -0.15) is 8.78 Å². The molecule has 9 heteroatoms. The van der Waals surface area contributed by atoms with Crippen molar-refractivity contribution >= 4 is 28.6 Å². The largest absolute Gasteiger partial charge is 0.449 e. The summed E-state index contributed by atoms with van der Waals surface area (Å²) >= 11 is 0. The smallest absolute Gasteiger partial charge is 0.387 e. The summed E-state index contributed by atoms with van der Waals surface area (Å²) in [6, 6.07) is 10.4. The Hall–Kier alpha value is -3.62. The quantitative estimate of drug-likeness (QED) is 0.612. The average Bonchev–Trinajstić information content (AvgIpc) is 2.69. The van der Waals surface area contributed by atoms with Gasteiger partial charge in [0.05, 0.1) is 33.7 Å². The van der Waals surface area contributed by atoms with Crippen LogP contribution in [-0.4, -0.2) is 34.6 Å². The molecule has 0 aliphatic carbocycles. The van der Waals surface area contributed by atoms with Gasteiger partial charge in [0.1, 0.15) is 5.75 Å². The van der Waals surface area contributed by atoms with Crippen molar-refractivity contribution in [2.24, 2.45) is 0 Å². The number of aromatic nitrogens is 2. The molecule has 156 valence electrons. The number of rotatable bonds is 6. The lowest BCUT2D eigenvalue weighted by molar-refractivity contribution is -0.123. The van der Waals surface area contributed by atoms with Gasteiger partial charge in [-0.1, -0.05) is 12.1 Å². The second kappa shape index (κ2) is 8.81. The molecule has 0 aliphatic heterocycles. The molecule has 1 heterocycles. The van der Waals surface area contributed by atoms with Gasteiger partial charge < -0.3 is 14.8 Å². The van der Waals surface area contributed by atoms with Gasteiger partial charge in [0.15, 0.2) is 6.10 Å². The molecule has 2 aromatic carbocycles. The Kier molecular flexibility index (Phi) is 6.20. The van der Waals surface area contributed by atoms with Gasteiger partial charge in [0.25, 0.3) is 5.91 Å². The number of aryl methyl sites for hydroxylation is 2. The summed E-state index contributed by atoms with van der Waals surface area (Å²) in [5.74, 6) is -1.62. The number of anilines is 1. The molecule has 0 aliphatic rings. The lowest BCUT2D eigenvalue weighted by Gasteiger charge is -2.16. The Morgan fingerprint density at radius 3 is 2.37 bits per heavy atom. The minimum absolute atomic E-state index is 0.0394. The van der Waals surface area contributed by atoms with Crippen LogP contribution in [0.25, 0.3) is 11.0 Å². The lowest BCUT2D eigenvalue weighted by Crippen LogP contribution is -2.30. The van der Waals surface area contributed by atoms with Crippen molar-refractivity contribution in [2.75, 3.05) is 5.32 Å². The second-order valence-electron chi connectivity index (χ2n) is 6.51. The maximum absolute atomic E-state index is 12.5. The molecule has 1 aromatic heterocycles. The van der Waals surface area contributed by atoms with Crippen molar-refractivity contribution in [2.45, 2.75) is 33.5 Å². The standard InChI is InChI=1S/C21H19F2N3O4/c1-11-12(2)25-17-10-14(8-9-15(17)24-11)20(28)29-13(3)19(27)26-16-6-4-5-7-18(16)30-21(22)23/h4-10,13,21H,1-3H3,(H,26,27)/t13-/m0/s1. The number of hydrogen-bond donors (Lipinski definition) is 1. The van der Waals surface area contributed by atoms with E-state index in [0.29, 0.717) is 11.0 Å². The van der Waals surface area contributed by atoms with E-state index in [1.807, 2.05) is 13.8 Å². The molecule has 0 saturated carbocycles. The highest BCUT2D eigenvalue weighted by atomic mass is 19.3. The van der Waals surface area contributed by atoms with Crippen LogP contribution in [0.3, 0.4) is 0 Å². The molecule has 1 N–H and O–H groups in total. The maximum atomic E-state index is 12.5. The van der Waals surface area contributed by atoms with E-state index < -0.39 is 24.6 Å². The van der Waals surface area contributed by atoms with Crippen LogP contribution in [-0.2, 0) is 9.53 Å². The first kappa shape index (κ1) is 21.1. The van der Waals surface area contributed by atoms with Crippen LogP contribution in [0.5, 0.6) is 5.75 Å². The van der Waals surface area contributed by atoms with Crippen LogP contribution in [0.1, 0.15) is 28.7 Å². The molecule has 0 radical (unpaired) electrons. The number of ether oxygens (including phenoxy) is 2. The summed E-state index contributed by atoms with van der Waals surface area (Å²) in [7, 11) is 0. The van der Waals surface area contributed by atoms with Gasteiger partial charge in [0, 0.05) is 0 Å². The number of hydrogen-bond acceptors (Lipinski definition) is 6. The van der Waals surface area contributed by atoms with Crippen LogP contribution in [0.2, 0.25) is 0 Å². The summed E-state index contributed by atoms with van der Waals surface area (Å²) < 4.78 is 34.6. The molecule has 30 heavy (non-hydrogen) atoms. The van der Waals surface area contributed by atoms with E-state index in [0.717, 1.165) is 11.4 Å². The Labute approximate surface area is 171 Å². The van der Waals surface area contributed by atoms with Crippen molar-refractivity contribution < 1.29 is 27.8 Å². The third kappa shape index (κ3) is 4.86. The van der Waals surface area contributed by atoms with E-state index in [2.05, 4.69) is 20.0 Å². The fraction of sp³-hybridized carbons (Fsp3) is 0.238. The summed E-state index contributed by atoms with van der Waals surface area (Å²) in [6.07, 6.45) is -1.18. The molecular formula is C21H19F2N3O4. The number of carbonyl (C=O) groups excluding carboxylic acids is 2. The molecule has 0 spiro atoms. The Morgan fingerprint density at radius 2 is 1.67 bits per heavy atom. The van der Waals surface area contributed by atoms with E-state index >= 15 is 0 Å². The number of nitrogens with zero attached hydrogens (tertiary/aromatic N) is 2. The summed E-state index contributed by atoms with van der Waals surface area (Å²) in [6.45, 7) is 1.99. The number of esters is 1. The molecule has 0 saturated heterocycles. The zero-order chi connectivity index (χ0) is 21.8. The Balaban J connectivity index is 1.70. The molecule has 7 nitrogen and oxygen atoms in total. The average molecular weight is 415 g/mol. The number of nitrogens with one attached hydrogen (secondary N) is 1. The van der Waals surface area contributed by atoms with Crippen LogP contribution in [0, 0.1) is 13.8 Å². The fourth-order valence-corrected chi connectivity index (χ4v) is 2.64. The number of para-hydroxylation sites is 2. The van der Waals surface area contributed by atoms with E-state index in [4.69, 9.17) is 4.74 Å². The first-order valence-electron chi connectivity index (χ1n) is 9.05. The minimum atomic E-state index is -3.04. The van der Waals surface area contributed by atoms with E-state index in [1.54, 1.807) is 12.1 Å². The fourth-order valence-electron chi connectivity index (χ4n) is 2.64. The van der Waals surface area contributed by atoms with Crippen molar-refractivity contribution in [3.8, 4) is 5.75 Å². The first-order chi connectivity index (χ1) is 14.2. The van der Waals surface area contributed by atoms with E-state index in [-0.39, 0.29) is 17.0 Å².